The minimum absolute atomic E-state index is 0.0242. The van der Waals surface area contributed by atoms with Gasteiger partial charge in [-0.3, -0.25) is 0 Å². The van der Waals surface area contributed by atoms with Gasteiger partial charge in [-0.25, -0.2) is 8.78 Å². The summed E-state index contributed by atoms with van der Waals surface area (Å²) in [6.07, 6.45) is 8.19. The number of allylic oxidation sites excluding steroid dienone is 1. The predicted molar refractivity (Wildman–Crippen MR) is 107 cm³/mol. The molecule has 0 heterocycles. The van der Waals surface area contributed by atoms with E-state index in [4.69, 9.17) is 4.74 Å². The van der Waals surface area contributed by atoms with Crippen molar-refractivity contribution in [3.05, 3.63) is 70.5 Å². The Morgan fingerprint density at radius 2 is 1.71 bits per heavy atom. The first kappa shape index (κ1) is 20.5. The highest BCUT2D eigenvalue weighted by atomic mass is 19.2. The molecule has 0 unspecified atom stereocenters. The lowest BCUT2D eigenvalue weighted by Gasteiger charge is -2.27. The van der Waals surface area contributed by atoms with Crippen molar-refractivity contribution in [2.24, 2.45) is 5.92 Å². The van der Waals surface area contributed by atoms with Gasteiger partial charge >= 0.3 is 0 Å². The van der Waals surface area contributed by atoms with Gasteiger partial charge in [-0.1, -0.05) is 37.3 Å². The highest BCUT2D eigenvalue weighted by Gasteiger charge is 2.25. The normalized spacial score (nSPS) is 19.9. The van der Waals surface area contributed by atoms with Crippen molar-refractivity contribution in [2.45, 2.75) is 51.9 Å². The number of hydrogen-bond donors (Lipinski definition) is 0. The smallest absolute Gasteiger partial charge is 0.200 e. The van der Waals surface area contributed by atoms with Crippen LogP contribution in [0.4, 0.5) is 13.2 Å². The molecule has 2 aromatic carbocycles. The number of rotatable bonds is 6. The van der Waals surface area contributed by atoms with Crippen molar-refractivity contribution < 1.29 is 17.9 Å². The summed E-state index contributed by atoms with van der Waals surface area (Å²) < 4.78 is 47.6. The summed E-state index contributed by atoms with van der Waals surface area (Å²) in [5.41, 5.74) is 2.03. The van der Waals surface area contributed by atoms with E-state index in [0.29, 0.717) is 24.5 Å². The molecule has 0 spiro atoms. The van der Waals surface area contributed by atoms with Crippen LogP contribution < -0.4 is 4.74 Å². The zero-order chi connectivity index (χ0) is 20.1. The summed E-state index contributed by atoms with van der Waals surface area (Å²) in [6, 6.07) is 8.51. The first-order chi connectivity index (χ1) is 13.5. The third-order valence-corrected chi connectivity index (χ3v) is 5.61. The van der Waals surface area contributed by atoms with Crippen molar-refractivity contribution in [3.63, 3.8) is 0 Å². The van der Waals surface area contributed by atoms with E-state index in [1.807, 2.05) is 25.1 Å². The van der Waals surface area contributed by atoms with Crippen LogP contribution in [0.5, 0.6) is 5.75 Å². The van der Waals surface area contributed by atoms with Gasteiger partial charge in [-0.15, -0.1) is 0 Å². The van der Waals surface area contributed by atoms with Crippen LogP contribution in [0, 0.1) is 23.4 Å². The molecule has 0 radical (unpaired) electrons. The maximum Gasteiger partial charge on any atom is 0.200 e. The Balaban J connectivity index is 1.62. The molecule has 0 aromatic heterocycles. The third kappa shape index (κ3) is 4.60. The number of ether oxygens (including phenoxy) is 1. The second-order valence-electron chi connectivity index (χ2n) is 7.39. The van der Waals surface area contributed by atoms with Gasteiger partial charge in [0.25, 0.3) is 0 Å². The Morgan fingerprint density at radius 1 is 0.964 bits per heavy atom. The van der Waals surface area contributed by atoms with Crippen LogP contribution in [0.1, 0.15) is 62.1 Å². The van der Waals surface area contributed by atoms with E-state index in [2.05, 4.69) is 6.08 Å². The van der Waals surface area contributed by atoms with Gasteiger partial charge in [0.15, 0.2) is 11.6 Å². The number of halogens is 3. The Hall–Kier alpha value is -2.23. The molecule has 3 rings (SSSR count). The zero-order valence-electron chi connectivity index (χ0n) is 16.5. The van der Waals surface area contributed by atoms with Crippen molar-refractivity contribution >= 4 is 6.08 Å². The van der Waals surface area contributed by atoms with Crippen LogP contribution in [0.3, 0.4) is 0 Å². The fourth-order valence-electron chi connectivity index (χ4n) is 3.95. The summed E-state index contributed by atoms with van der Waals surface area (Å²) in [5.74, 6) is -1.46. The second kappa shape index (κ2) is 9.31. The van der Waals surface area contributed by atoms with E-state index >= 15 is 0 Å². The quantitative estimate of drug-likeness (QED) is 0.515. The Bertz CT molecular complexity index is 836. The molecule has 0 N–H and O–H groups in total. The lowest BCUT2D eigenvalue weighted by Crippen LogP contribution is -2.14. The first-order valence-electron chi connectivity index (χ1n) is 10.1. The topological polar surface area (TPSA) is 9.23 Å². The molecule has 0 amide bonds. The highest BCUT2D eigenvalue weighted by Crippen LogP contribution is 2.39. The fourth-order valence-corrected chi connectivity index (χ4v) is 3.95. The van der Waals surface area contributed by atoms with Crippen LogP contribution >= 0.6 is 0 Å². The molecule has 1 aliphatic carbocycles. The summed E-state index contributed by atoms with van der Waals surface area (Å²) in [7, 11) is 0. The average molecular weight is 388 g/mol. The molecule has 2 aromatic rings. The summed E-state index contributed by atoms with van der Waals surface area (Å²) in [4.78, 5) is 0. The van der Waals surface area contributed by atoms with E-state index in [-0.39, 0.29) is 17.5 Å². The lowest BCUT2D eigenvalue weighted by molar-refractivity contribution is 0.310. The number of aryl methyl sites for hydroxylation is 1. The maximum atomic E-state index is 14.4. The molecule has 1 fully saturated rings. The molecule has 1 aliphatic rings. The van der Waals surface area contributed by atoms with E-state index in [1.54, 1.807) is 19.1 Å². The van der Waals surface area contributed by atoms with Gasteiger partial charge in [0.05, 0.1) is 6.61 Å². The molecule has 1 nitrogen and oxygen atoms in total. The summed E-state index contributed by atoms with van der Waals surface area (Å²) >= 11 is 0. The summed E-state index contributed by atoms with van der Waals surface area (Å²) in [5, 5.41) is 0. The Kier molecular flexibility index (Phi) is 6.82. The molecule has 0 saturated heterocycles. The van der Waals surface area contributed by atoms with E-state index in [9.17, 15) is 13.2 Å². The standard InChI is InChI=1S/C24H27F3O/c1-3-18-10-9-17(15-21(18)25)6-5-16-7-11-19(12-8-16)20-13-14-22(28-4-2)24(27)23(20)26/h5-6,9-10,13-16,19H,3-4,7-8,11-12H2,1-2H3/b6-5+. The van der Waals surface area contributed by atoms with Crippen LogP contribution in [-0.2, 0) is 6.42 Å². The van der Waals surface area contributed by atoms with Crippen LogP contribution in [0.25, 0.3) is 6.08 Å². The molecule has 28 heavy (non-hydrogen) atoms. The zero-order valence-corrected chi connectivity index (χ0v) is 16.5. The van der Waals surface area contributed by atoms with Gasteiger partial charge in [0.2, 0.25) is 5.82 Å². The minimum atomic E-state index is -0.890. The molecule has 0 aliphatic heterocycles. The Labute approximate surface area is 165 Å². The van der Waals surface area contributed by atoms with Gasteiger partial charge in [-0.05, 0) is 79.7 Å². The molecule has 1 saturated carbocycles. The second-order valence-corrected chi connectivity index (χ2v) is 7.39. The van der Waals surface area contributed by atoms with Crippen molar-refractivity contribution in [1.29, 1.82) is 0 Å². The first-order valence-corrected chi connectivity index (χ1v) is 10.1. The van der Waals surface area contributed by atoms with Gasteiger partial charge in [0.1, 0.15) is 5.82 Å². The van der Waals surface area contributed by atoms with Crippen molar-refractivity contribution in [1.82, 2.24) is 0 Å². The van der Waals surface area contributed by atoms with Crippen LogP contribution in [0.2, 0.25) is 0 Å². The SMILES string of the molecule is CCOc1ccc(C2CCC(/C=C/c3ccc(CC)c(F)c3)CC2)c(F)c1F. The van der Waals surface area contributed by atoms with Gasteiger partial charge in [0, 0.05) is 0 Å². The Morgan fingerprint density at radius 3 is 2.36 bits per heavy atom. The molecular weight excluding hydrogens is 361 g/mol. The largest absolute Gasteiger partial charge is 0.491 e. The van der Waals surface area contributed by atoms with Crippen molar-refractivity contribution in [3.8, 4) is 5.75 Å². The van der Waals surface area contributed by atoms with E-state index < -0.39 is 11.6 Å². The predicted octanol–water partition coefficient (Wildman–Crippen LogP) is 7.05. The molecule has 0 atom stereocenters. The highest BCUT2D eigenvalue weighted by molar-refractivity contribution is 5.50. The minimum Gasteiger partial charge on any atom is -0.491 e. The molecule has 0 bridgehead atoms. The molecule has 4 heteroatoms. The number of benzene rings is 2. The monoisotopic (exact) mass is 388 g/mol. The summed E-state index contributed by atoms with van der Waals surface area (Å²) in [6.45, 7) is 3.98. The average Bonchev–Trinajstić information content (AvgIpc) is 2.71. The molecular formula is C24H27F3O. The van der Waals surface area contributed by atoms with E-state index in [0.717, 1.165) is 36.8 Å². The third-order valence-electron chi connectivity index (χ3n) is 5.61. The fraction of sp³-hybridized carbons (Fsp3) is 0.417. The lowest BCUT2D eigenvalue weighted by atomic mass is 9.78. The number of hydrogen-bond acceptors (Lipinski definition) is 1. The van der Waals surface area contributed by atoms with Crippen LogP contribution in [-0.4, -0.2) is 6.61 Å². The maximum absolute atomic E-state index is 14.4. The van der Waals surface area contributed by atoms with Crippen LogP contribution in [0.15, 0.2) is 36.4 Å². The van der Waals surface area contributed by atoms with E-state index in [1.165, 1.54) is 6.07 Å². The van der Waals surface area contributed by atoms with Crippen molar-refractivity contribution in [2.75, 3.05) is 6.61 Å². The molecule has 150 valence electrons. The van der Waals surface area contributed by atoms with Gasteiger partial charge < -0.3 is 4.74 Å². The van der Waals surface area contributed by atoms with Gasteiger partial charge in [-0.2, -0.15) is 4.39 Å².